The van der Waals surface area contributed by atoms with Crippen LogP contribution < -0.4 is 5.32 Å². The summed E-state index contributed by atoms with van der Waals surface area (Å²) in [5.41, 5.74) is 4.00. The van der Waals surface area contributed by atoms with Gasteiger partial charge in [-0.15, -0.1) is 10.2 Å². The monoisotopic (exact) mass is 447 g/mol. The van der Waals surface area contributed by atoms with Gasteiger partial charge in [0.1, 0.15) is 0 Å². The second-order valence-electron chi connectivity index (χ2n) is 7.36. The Morgan fingerprint density at radius 3 is 2.56 bits per heavy atom. The van der Waals surface area contributed by atoms with Gasteiger partial charge < -0.3 is 5.32 Å². The van der Waals surface area contributed by atoms with Gasteiger partial charge in [-0.2, -0.15) is 5.10 Å². The summed E-state index contributed by atoms with van der Waals surface area (Å²) in [4.78, 5) is 16.5. The maximum absolute atomic E-state index is 12.4. The molecule has 3 heterocycles. The Morgan fingerprint density at radius 2 is 1.84 bits per heavy atom. The molecule has 4 aromatic rings. The molecule has 0 spiro atoms. The van der Waals surface area contributed by atoms with E-state index in [9.17, 15) is 4.79 Å². The number of hydrogen-bond acceptors (Lipinski definition) is 6. The van der Waals surface area contributed by atoms with E-state index in [1.54, 1.807) is 12.4 Å². The zero-order valence-corrected chi connectivity index (χ0v) is 18.9. The smallest absolute Gasteiger partial charge is 0.230 e. The molecular formula is C23H25N7OS. The number of hydrogen-bond donors (Lipinski definition) is 1. The predicted octanol–water partition coefficient (Wildman–Crippen LogP) is 3.44. The van der Waals surface area contributed by atoms with Gasteiger partial charge in [-0.25, -0.2) is 0 Å². The van der Waals surface area contributed by atoms with Crippen LogP contribution >= 0.6 is 11.8 Å². The summed E-state index contributed by atoms with van der Waals surface area (Å²) in [6.07, 6.45) is 4.28. The Balaban J connectivity index is 1.38. The number of thioether (sulfide) groups is 1. The molecule has 0 unspecified atom stereocenters. The van der Waals surface area contributed by atoms with Gasteiger partial charge in [0, 0.05) is 42.4 Å². The number of para-hydroxylation sites is 1. The van der Waals surface area contributed by atoms with Crippen molar-refractivity contribution in [1.82, 2.24) is 34.8 Å². The van der Waals surface area contributed by atoms with Crippen LogP contribution in [-0.4, -0.2) is 47.7 Å². The molecule has 0 saturated heterocycles. The van der Waals surface area contributed by atoms with Gasteiger partial charge >= 0.3 is 0 Å². The Morgan fingerprint density at radius 1 is 1.06 bits per heavy atom. The fourth-order valence-corrected chi connectivity index (χ4v) is 4.18. The number of carbonyl (C=O) groups excluding carboxylic acids is 1. The van der Waals surface area contributed by atoms with Crippen LogP contribution in [0.3, 0.4) is 0 Å². The van der Waals surface area contributed by atoms with Gasteiger partial charge in [-0.05, 0) is 50.6 Å². The van der Waals surface area contributed by atoms with E-state index in [2.05, 4.69) is 31.7 Å². The molecule has 0 atom stereocenters. The molecular weight excluding hydrogens is 422 g/mol. The largest absolute Gasteiger partial charge is 0.355 e. The van der Waals surface area contributed by atoms with E-state index >= 15 is 0 Å². The first-order valence-corrected chi connectivity index (χ1v) is 11.4. The van der Waals surface area contributed by atoms with Gasteiger partial charge in [0.05, 0.1) is 11.4 Å². The van der Waals surface area contributed by atoms with Crippen LogP contribution in [0.1, 0.15) is 17.8 Å². The van der Waals surface area contributed by atoms with Crippen molar-refractivity contribution < 1.29 is 4.79 Å². The van der Waals surface area contributed by atoms with E-state index in [0.29, 0.717) is 17.5 Å². The SMILES string of the molecule is Cc1cc(C)n(CCCNC(=O)CSc2nnc(-c3ccncc3)n2-c2ccccc2)n1. The quantitative estimate of drug-likeness (QED) is 0.312. The Bertz CT molecular complexity index is 1170. The zero-order valence-electron chi connectivity index (χ0n) is 18.1. The van der Waals surface area contributed by atoms with Crippen LogP contribution in [0.15, 0.2) is 66.1 Å². The van der Waals surface area contributed by atoms with Crippen molar-refractivity contribution in [2.45, 2.75) is 32.0 Å². The maximum Gasteiger partial charge on any atom is 0.230 e. The van der Waals surface area contributed by atoms with Crippen LogP contribution in [0.5, 0.6) is 0 Å². The summed E-state index contributed by atoms with van der Waals surface area (Å²) in [7, 11) is 0. The molecule has 1 amide bonds. The van der Waals surface area contributed by atoms with Crippen LogP contribution in [-0.2, 0) is 11.3 Å². The van der Waals surface area contributed by atoms with E-state index < -0.39 is 0 Å². The number of nitrogens with one attached hydrogen (secondary N) is 1. The lowest BCUT2D eigenvalue weighted by Crippen LogP contribution is -2.27. The van der Waals surface area contributed by atoms with Crippen LogP contribution in [0.2, 0.25) is 0 Å². The first kappa shape index (κ1) is 21.8. The molecule has 3 aromatic heterocycles. The molecule has 32 heavy (non-hydrogen) atoms. The van der Waals surface area contributed by atoms with E-state index in [1.807, 2.05) is 65.6 Å². The second kappa shape index (κ2) is 10.2. The minimum atomic E-state index is -0.0311. The van der Waals surface area contributed by atoms with Crippen LogP contribution in [0, 0.1) is 13.8 Å². The fraction of sp³-hybridized carbons (Fsp3) is 0.261. The third-order valence-corrected chi connectivity index (χ3v) is 5.82. The van der Waals surface area contributed by atoms with Crippen LogP contribution in [0.4, 0.5) is 0 Å². The molecule has 0 saturated carbocycles. The van der Waals surface area contributed by atoms with Gasteiger partial charge in [-0.3, -0.25) is 19.0 Å². The second-order valence-corrected chi connectivity index (χ2v) is 8.30. The molecule has 1 aromatic carbocycles. The van der Waals surface area contributed by atoms with Crippen molar-refractivity contribution in [3.8, 4) is 17.1 Å². The molecule has 4 rings (SSSR count). The number of rotatable bonds is 9. The van der Waals surface area contributed by atoms with Gasteiger partial charge in [0.25, 0.3) is 0 Å². The average molecular weight is 448 g/mol. The number of pyridine rings is 1. The van der Waals surface area contributed by atoms with E-state index in [-0.39, 0.29) is 11.7 Å². The highest BCUT2D eigenvalue weighted by atomic mass is 32.2. The number of carbonyl (C=O) groups is 1. The first-order chi connectivity index (χ1) is 15.6. The number of amides is 1. The lowest BCUT2D eigenvalue weighted by atomic mass is 10.2. The molecule has 1 N–H and O–H groups in total. The maximum atomic E-state index is 12.4. The van der Waals surface area contributed by atoms with Gasteiger partial charge in [-0.1, -0.05) is 30.0 Å². The highest BCUT2D eigenvalue weighted by molar-refractivity contribution is 7.99. The number of aryl methyl sites for hydroxylation is 3. The summed E-state index contributed by atoms with van der Waals surface area (Å²) in [6.45, 7) is 5.41. The van der Waals surface area contributed by atoms with Crippen molar-refractivity contribution in [3.63, 3.8) is 0 Å². The molecule has 9 heteroatoms. The minimum Gasteiger partial charge on any atom is -0.355 e. The molecule has 0 aliphatic rings. The summed E-state index contributed by atoms with van der Waals surface area (Å²) in [5, 5.41) is 16.8. The Kier molecular flexibility index (Phi) is 6.96. The fourth-order valence-electron chi connectivity index (χ4n) is 3.40. The van der Waals surface area contributed by atoms with Crippen molar-refractivity contribution in [2.24, 2.45) is 0 Å². The van der Waals surface area contributed by atoms with Crippen molar-refractivity contribution in [1.29, 1.82) is 0 Å². The summed E-state index contributed by atoms with van der Waals surface area (Å²) in [5.74, 6) is 0.948. The molecule has 0 aliphatic heterocycles. The number of benzene rings is 1. The minimum absolute atomic E-state index is 0.0311. The lowest BCUT2D eigenvalue weighted by Gasteiger charge is -2.10. The third kappa shape index (κ3) is 5.23. The molecule has 8 nitrogen and oxygen atoms in total. The van der Waals surface area contributed by atoms with E-state index in [0.717, 1.165) is 35.6 Å². The zero-order chi connectivity index (χ0) is 22.3. The standard InChI is InChI=1S/C23H25N7OS/c1-17-15-18(2)29(28-17)14-6-11-25-21(31)16-32-23-27-26-22(19-9-12-24-13-10-19)30(23)20-7-4-3-5-8-20/h3-5,7-10,12-13,15H,6,11,14,16H2,1-2H3,(H,25,31). The first-order valence-electron chi connectivity index (χ1n) is 10.4. The molecule has 0 fully saturated rings. The van der Waals surface area contributed by atoms with E-state index in [1.165, 1.54) is 11.8 Å². The summed E-state index contributed by atoms with van der Waals surface area (Å²) >= 11 is 1.37. The molecule has 164 valence electrons. The van der Waals surface area contributed by atoms with E-state index in [4.69, 9.17) is 0 Å². The normalized spacial score (nSPS) is 10.9. The highest BCUT2D eigenvalue weighted by Gasteiger charge is 2.17. The van der Waals surface area contributed by atoms with Crippen molar-refractivity contribution >= 4 is 17.7 Å². The van der Waals surface area contributed by atoms with Crippen LogP contribution in [0.25, 0.3) is 17.1 Å². The molecule has 0 bridgehead atoms. The number of aromatic nitrogens is 6. The molecule has 0 radical (unpaired) electrons. The van der Waals surface area contributed by atoms with Crippen molar-refractivity contribution in [3.05, 3.63) is 72.3 Å². The lowest BCUT2D eigenvalue weighted by molar-refractivity contribution is -0.118. The topological polar surface area (TPSA) is 90.5 Å². The van der Waals surface area contributed by atoms with Gasteiger partial charge in [0.2, 0.25) is 5.91 Å². The number of nitrogens with zero attached hydrogens (tertiary/aromatic N) is 6. The average Bonchev–Trinajstić information content (AvgIpc) is 3.38. The molecule has 0 aliphatic carbocycles. The summed E-state index contributed by atoms with van der Waals surface area (Å²) < 4.78 is 3.94. The van der Waals surface area contributed by atoms with Crippen molar-refractivity contribution in [2.75, 3.05) is 12.3 Å². The summed E-state index contributed by atoms with van der Waals surface area (Å²) in [6, 6.07) is 15.7. The highest BCUT2D eigenvalue weighted by Crippen LogP contribution is 2.27. The Hall–Kier alpha value is -3.46. The Labute approximate surface area is 191 Å². The predicted molar refractivity (Wildman–Crippen MR) is 125 cm³/mol. The third-order valence-electron chi connectivity index (χ3n) is 4.89. The van der Waals surface area contributed by atoms with Gasteiger partial charge in [0.15, 0.2) is 11.0 Å².